The van der Waals surface area contributed by atoms with Gasteiger partial charge in [-0.05, 0) is 38.8 Å². The van der Waals surface area contributed by atoms with Crippen LogP contribution < -0.4 is 4.74 Å². The summed E-state index contributed by atoms with van der Waals surface area (Å²) in [6.07, 6.45) is 0.770. The summed E-state index contributed by atoms with van der Waals surface area (Å²) >= 11 is 0. The number of ether oxygens (including phenoxy) is 2. The number of para-hydroxylation sites is 1. The molecule has 0 atom stereocenters. The maximum Gasteiger partial charge on any atom is 0.344 e. The number of aromatic nitrogens is 1. The van der Waals surface area contributed by atoms with Gasteiger partial charge in [-0.2, -0.15) is 0 Å². The molecule has 0 saturated carbocycles. The van der Waals surface area contributed by atoms with Crippen LogP contribution in [0.25, 0.3) is 10.9 Å². The van der Waals surface area contributed by atoms with E-state index < -0.39 is 0 Å². The Bertz CT molecular complexity index is 650. The van der Waals surface area contributed by atoms with Crippen LogP contribution in [0.3, 0.4) is 0 Å². The third-order valence-electron chi connectivity index (χ3n) is 3.11. The maximum atomic E-state index is 11.6. The molecule has 0 aliphatic heterocycles. The minimum absolute atomic E-state index is 0.0902. The van der Waals surface area contributed by atoms with Crippen LogP contribution >= 0.6 is 0 Å². The second kappa shape index (κ2) is 6.57. The van der Waals surface area contributed by atoms with Gasteiger partial charge in [-0.1, -0.05) is 19.1 Å². The number of fused-ring (bicyclic) bond motifs is 1. The molecular formula is C17H21NO3. The summed E-state index contributed by atoms with van der Waals surface area (Å²) in [5, 5.41) is 0.928. The van der Waals surface area contributed by atoms with Crippen LogP contribution in [0, 0.1) is 6.92 Å². The lowest BCUT2D eigenvalue weighted by Gasteiger charge is -2.13. The summed E-state index contributed by atoms with van der Waals surface area (Å²) in [4.78, 5) is 16.2. The Labute approximate surface area is 125 Å². The summed E-state index contributed by atoms with van der Waals surface area (Å²) in [7, 11) is 0. The van der Waals surface area contributed by atoms with Crippen LogP contribution in [-0.4, -0.2) is 23.7 Å². The predicted molar refractivity (Wildman–Crippen MR) is 82.6 cm³/mol. The number of aryl methyl sites for hydroxylation is 2. The van der Waals surface area contributed by atoms with Crippen LogP contribution in [0.5, 0.6) is 5.75 Å². The molecule has 4 heteroatoms. The molecule has 112 valence electrons. The molecule has 4 nitrogen and oxygen atoms in total. The largest absolute Gasteiger partial charge is 0.481 e. The third kappa shape index (κ3) is 3.72. The SMILES string of the molecule is CCc1cccc2c(OCC(=O)OC(C)C)cc(C)nc12. The van der Waals surface area contributed by atoms with E-state index >= 15 is 0 Å². The molecule has 0 amide bonds. The lowest BCUT2D eigenvalue weighted by atomic mass is 10.1. The fourth-order valence-corrected chi connectivity index (χ4v) is 2.24. The molecule has 0 aliphatic carbocycles. The standard InChI is InChI=1S/C17H21NO3/c1-5-13-7-6-8-14-15(9-12(4)18-17(13)14)20-10-16(19)21-11(2)3/h6-9,11H,5,10H2,1-4H3. The van der Waals surface area contributed by atoms with Gasteiger partial charge in [0.15, 0.2) is 6.61 Å². The second-order valence-corrected chi connectivity index (χ2v) is 5.26. The van der Waals surface area contributed by atoms with Gasteiger partial charge in [0.05, 0.1) is 11.6 Å². The number of carbonyl (C=O) groups excluding carboxylic acids is 1. The summed E-state index contributed by atoms with van der Waals surface area (Å²) < 4.78 is 10.7. The number of hydrogen-bond donors (Lipinski definition) is 0. The van der Waals surface area contributed by atoms with E-state index in [2.05, 4.69) is 18.0 Å². The van der Waals surface area contributed by atoms with E-state index in [9.17, 15) is 4.79 Å². The van der Waals surface area contributed by atoms with E-state index in [0.29, 0.717) is 5.75 Å². The van der Waals surface area contributed by atoms with Crippen molar-refractivity contribution in [1.82, 2.24) is 4.98 Å². The predicted octanol–water partition coefficient (Wildman–Crippen LogP) is 3.44. The summed E-state index contributed by atoms with van der Waals surface area (Å²) in [5.41, 5.74) is 2.98. The van der Waals surface area contributed by atoms with Crippen LogP contribution in [0.1, 0.15) is 32.0 Å². The average Bonchev–Trinajstić information content (AvgIpc) is 2.43. The first kappa shape index (κ1) is 15.3. The molecule has 0 radical (unpaired) electrons. The lowest BCUT2D eigenvalue weighted by Crippen LogP contribution is -2.18. The molecule has 2 rings (SSSR count). The van der Waals surface area contributed by atoms with Gasteiger partial charge in [0, 0.05) is 17.1 Å². The van der Waals surface area contributed by atoms with Gasteiger partial charge in [-0.3, -0.25) is 4.98 Å². The highest BCUT2D eigenvalue weighted by Crippen LogP contribution is 2.28. The molecule has 0 fully saturated rings. The van der Waals surface area contributed by atoms with Gasteiger partial charge in [0.25, 0.3) is 0 Å². The summed E-state index contributed by atoms with van der Waals surface area (Å²) in [5.74, 6) is 0.313. The molecule has 1 aromatic heterocycles. The third-order valence-corrected chi connectivity index (χ3v) is 3.11. The van der Waals surface area contributed by atoms with Crippen molar-refractivity contribution in [3.8, 4) is 5.75 Å². The first-order chi connectivity index (χ1) is 10.0. The van der Waals surface area contributed by atoms with Crippen molar-refractivity contribution >= 4 is 16.9 Å². The Balaban J connectivity index is 2.29. The van der Waals surface area contributed by atoms with E-state index in [1.54, 1.807) is 0 Å². The molecular weight excluding hydrogens is 266 g/mol. The van der Waals surface area contributed by atoms with Crippen LogP contribution in [0.4, 0.5) is 0 Å². The molecule has 0 bridgehead atoms. The molecule has 21 heavy (non-hydrogen) atoms. The fraction of sp³-hybridized carbons (Fsp3) is 0.412. The van der Waals surface area contributed by atoms with Gasteiger partial charge < -0.3 is 9.47 Å². The molecule has 0 aliphatic rings. The number of nitrogens with zero attached hydrogens (tertiary/aromatic N) is 1. The minimum Gasteiger partial charge on any atom is -0.481 e. The van der Waals surface area contributed by atoms with E-state index in [1.165, 1.54) is 5.56 Å². The van der Waals surface area contributed by atoms with Crippen LogP contribution in [0.15, 0.2) is 24.3 Å². The van der Waals surface area contributed by atoms with Gasteiger partial charge in [-0.15, -0.1) is 0 Å². The molecule has 0 N–H and O–H groups in total. The van der Waals surface area contributed by atoms with Gasteiger partial charge in [0.1, 0.15) is 5.75 Å². The first-order valence-electron chi connectivity index (χ1n) is 7.22. The van der Waals surface area contributed by atoms with Crippen LogP contribution in [0.2, 0.25) is 0 Å². The molecule has 1 heterocycles. The zero-order valence-corrected chi connectivity index (χ0v) is 13.0. The fourth-order valence-electron chi connectivity index (χ4n) is 2.24. The second-order valence-electron chi connectivity index (χ2n) is 5.26. The highest BCUT2D eigenvalue weighted by atomic mass is 16.6. The first-order valence-corrected chi connectivity index (χ1v) is 7.22. The Hall–Kier alpha value is -2.10. The zero-order valence-electron chi connectivity index (χ0n) is 13.0. The van der Waals surface area contributed by atoms with E-state index in [4.69, 9.17) is 9.47 Å². The normalized spacial score (nSPS) is 10.9. The lowest BCUT2D eigenvalue weighted by molar-refractivity contribution is -0.149. The van der Waals surface area contributed by atoms with Gasteiger partial charge in [0.2, 0.25) is 0 Å². The Kier molecular flexibility index (Phi) is 4.78. The van der Waals surface area contributed by atoms with Crippen molar-refractivity contribution in [2.45, 2.75) is 40.2 Å². The summed E-state index contributed by atoms with van der Waals surface area (Å²) in [6.45, 7) is 7.56. The average molecular weight is 287 g/mol. The van der Waals surface area contributed by atoms with E-state index in [-0.39, 0.29) is 18.7 Å². The monoisotopic (exact) mass is 287 g/mol. The van der Waals surface area contributed by atoms with Crippen LogP contribution in [-0.2, 0) is 16.0 Å². The molecule has 1 aromatic carbocycles. The van der Waals surface area contributed by atoms with Crippen molar-refractivity contribution in [1.29, 1.82) is 0 Å². The number of hydrogen-bond acceptors (Lipinski definition) is 4. The van der Waals surface area contributed by atoms with Crippen molar-refractivity contribution in [2.24, 2.45) is 0 Å². The van der Waals surface area contributed by atoms with Crippen molar-refractivity contribution in [3.05, 3.63) is 35.5 Å². The zero-order chi connectivity index (χ0) is 15.4. The Morgan fingerprint density at radius 2 is 2.10 bits per heavy atom. The highest BCUT2D eigenvalue weighted by Gasteiger charge is 2.11. The van der Waals surface area contributed by atoms with Crippen molar-refractivity contribution < 1.29 is 14.3 Å². The van der Waals surface area contributed by atoms with Gasteiger partial charge >= 0.3 is 5.97 Å². The smallest absolute Gasteiger partial charge is 0.344 e. The number of carbonyl (C=O) groups is 1. The number of rotatable bonds is 5. The number of pyridine rings is 1. The molecule has 0 saturated heterocycles. The van der Waals surface area contributed by atoms with Crippen molar-refractivity contribution in [3.63, 3.8) is 0 Å². The molecule has 0 spiro atoms. The number of esters is 1. The topological polar surface area (TPSA) is 48.4 Å². The minimum atomic E-state index is -0.362. The Morgan fingerprint density at radius 1 is 1.33 bits per heavy atom. The Morgan fingerprint density at radius 3 is 2.76 bits per heavy atom. The number of benzene rings is 1. The quantitative estimate of drug-likeness (QED) is 0.790. The molecule has 0 unspecified atom stereocenters. The highest BCUT2D eigenvalue weighted by molar-refractivity contribution is 5.88. The summed E-state index contributed by atoms with van der Waals surface area (Å²) in [6, 6.07) is 7.86. The van der Waals surface area contributed by atoms with E-state index in [0.717, 1.165) is 23.0 Å². The van der Waals surface area contributed by atoms with E-state index in [1.807, 2.05) is 39.0 Å². The molecule has 2 aromatic rings. The van der Waals surface area contributed by atoms with Gasteiger partial charge in [-0.25, -0.2) is 4.79 Å². The van der Waals surface area contributed by atoms with Crippen molar-refractivity contribution in [2.75, 3.05) is 6.61 Å². The maximum absolute atomic E-state index is 11.6.